The summed E-state index contributed by atoms with van der Waals surface area (Å²) < 4.78 is 0. The molecule has 2 fully saturated rings. The van der Waals surface area contributed by atoms with E-state index >= 15 is 0 Å². The number of amides is 1. The van der Waals surface area contributed by atoms with Crippen LogP contribution in [0.4, 0.5) is 0 Å². The third-order valence-electron chi connectivity index (χ3n) is 3.41. The molecule has 0 aromatic rings. The second-order valence-corrected chi connectivity index (χ2v) is 5.12. The van der Waals surface area contributed by atoms with E-state index in [1.165, 1.54) is 12.8 Å². The van der Waals surface area contributed by atoms with E-state index in [4.69, 9.17) is 5.73 Å². The van der Waals surface area contributed by atoms with Gasteiger partial charge in [0.1, 0.15) is 0 Å². The number of hydrogen-bond donors (Lipinski definition) is 2. The molecule has 0 spiro atoms. The number of carbonyl (C=O) groups is 1. The molecule has 0 radical (unpaired) electrons. The predicted molar refractivity (Wildman–Crippen MR) is 83.0 cm³/mol. The van der Waals surface area contributed by atoms with E-state index in [1.54, 1.807) is 6.92 Å². The number of halogens is 1. The zero-order valence-electron chi connectivity index (χ0n) is 10.9. The molecule has 1 heterocycles. The molecule has 1 unspecified atom stereocenters. The van der Waals surface area contributed by atoms with E-state index in [-0.39, 0.29) is 29.9 Å². The highest BCUT2D eigenvalue weighted by Crippen LogP contribution is 2.19. The summed E-state index contributed by atoms with van der Waals surface area (Å²) in [5.41, 5.74) is 5.78. The highest BCUT2D eigenvalue weighted by atomic mass is 127. The lowest BCUT2D eigenvalue weighted by Gasteiger charge is -2.31. The highest BCUT2D eigenvalue weighted by Gasteiger charge is 2.23. The van der Waals surface area contributed by atoms with Crippen molar-refractivity contribution in [2.45, 2.75) is 38.6 Å². The van der Waals surface area contributed by atoms with Gasteiger partial charge in [0.05, 0.1) is 0 Å². The zero-order valence-corrected chi connectivity index (χ0v) is 13.2. The van der Waals surface area contributed by atoms with Crippen molar-refractivity contribution >= 4 is 35.8 Å². The van der Waals surface area contributed by atoms with Crippen LogP contribution in [-0.4, -0.2) is 42.4 Å². The van der Waals surface area contributed by atoms with Crippen molar-refractivity contribution in [3.8, 4) is 0 Å². The van der Waals surface area contributed by atoms with Crippen LogP contribution in [0, 0.1) is 5.92 Å². The Bertz CT molecular complexity index is 317. The number of nitrogens with zero attached hydrogens (tertiary/aromatic N) is 2. The quantitative estimate of drug-likeness (QED) is 0.444. The van der Waals surface area contributed by atoms with Gasteiger partial charge in [-0.15, -0.1) is 24.0 Å². The van der Waals surface area contributed by atoms with E-state index in [0.717, 1.165) is 32.5 Å². The van der Waals surface area contributed by atoms with Gasteiger partial charge in [0.15, 0.2) is 5.96 Å². The van der Waals surface area contributed by atoms with Crippen molar-refractivity contribution in [2.75, 3.05) is 19.6 Å². The maximum Gasteiger partial charge on any atom is 0.219 e. The summed E-state index contributed by atoms with van der Waals surface area (Å²) in [4.78, 5) is 17.6. The minimum atomic E-state index is 0. The van der Waals surface area contributed by atoms with Gasteiger partial charge in [0.2, 0.25) is 5.91 Å². The van der Waals surface area contributed by atoms with Crippen molar-refractivity contribution in [3.63, 3.8) is 0 Å². The molecule has 104 valence electrons. The largest absolute Gasteiger partial charge is 0.370 e. The molecule has 5 nitrogen and oxygen atoms in total. The molecule has 18 heavy (non-hydrogen) atoms. The summed E-state index contributed by atoms with van der Waals surface area (Å²) >= 11 is 0. The van der Waals surface area contributed by atoms with Crippen molar-refractivity contribution in [1.82, 2.24) is 10.2 Å². The molecule has 1 saturated carbocycles. The van der Waals surface area contributed by atoms with E-state index in [9.17, 15) is 4.79 Å². The Labute approximate surface area is 126 Å². The van der Waals surface area contributed by atoms with Crippen LogP contribution in [0.25, 0.3) is 0 Å². The van der Waals surface area contributed by atoms with Gasteiger partial charge in [-0.25, -0.2) is 0 Å². The van der Waals surface area contributed by atoms with Gasteiger partial charge in [-0.2, -0.15) is 0 Å². The second-order valence-electron chi connectivity index (χ2n) is 5.12. The summed E-state index contributed by atoms with van der Waals surface area (Å²) in [6.45, 7) is 4.09. The van der Waals surface area contributed by atoms with Crippen molar-refractivity contribution in [2.24, 2.45) is 16.6 Å². The topological polar surface area (TPSA) is 70.7 Å². The lowest BCUT2D eigenvalue weighted by atomic mass is 9.98. The number of aliphatic imine (C=N–C) groups is 1. The number of rotatable bonds is 3. The molecule has 1 aliphatic carbocycles. The monoisotopic (exact) mass is 366 g/mol. The first kappa shape index (κ1) is 15.5. The van der Waals surface area contributed by atoms with Crippen LogP contribution in [0.2, 0.25) is 0 Å². The number of guanidine groups is 1. The molecule has 6 heteroatoms. The fourth-order valence-electron chi connectivity index (χ4n) is 2.21. The number of likely N-dealkylation sites (tertiary alicyclic amines) is 1. The van der Waals surface area contributed by atoms with Gasteiger partial charge >= 0.3 is 0 Å². The first-order valence-corrected chi connectivity index (χ1v) is 6.47. The molecule has 1 saturated heterocycles. The van der Waals surface area contributed by atoms with Gasteiger partial charge < -0.3 is 16.0 Å². The maximum absolute atomic E-state index is 11.3. The Balaban J connectivity index is 0.00000162. The number of nitrogens with one attached hydrogen (secondary N) is 1. The van der Waals surface area contributed by atoms with Crippen molar-refractivity contribution < 1.29 is 4.79 Å². The molecule has 0 aromatic heterocycles. The Hall–Kier alpha value is -0.530. The minimum Gasteiger partial charge on any atom is -0.370 e. The van der Waals surface area contributed by atoms with Gasteiger partial charge in [-0.1, -0.05) is 0 Å². The van der Waals surface area contributed by atoms with E-state index in [2.05, 4.69) is 10.3 Å². The molecular weight excluding hydrogens is 343 g/mol. The highest BCUT2D eigenvalue weighted by molar-refractivity contribution is 14.0. The molecule has 1 amide bonds. The third-order valence-corrected chi connectivity index (χ3v) is 3.41. The first-order valence-electron chi connectivity index (χ1n) is 6.47. The number of hydrogen-bond acceptors (Lipinski definition) is 2. The molecule has 0 aromatic carbocycles. The fraction of sp³-hybridized carbons (Fsp3) is 0.833. The second kappa shape index (κ2) is 7.16. The molecule has 1 atom stereocenters. The van der Waals surface area contributed by atoms with E-state index in [0.29, 0.717) is 17.9 Å². The number of carbonyl (C=O) groups excluding carboxylic acids is 1. The van der Waals surface area contributed by atoms with Crippen LogP contribution in [-0.2, 0) is 4.79 Å². The summed E-state index contributed by atoms with van der Waals surface area (Å²) in [5.74, 6) is 1.20. The SMILES string of the molecule is CC(=O)N1CCCC(CN=C(N)NC2CC2)C1.I. The molecule has 2 aliphatic rings. The van der Waals surface area contributed by atoms with Gasteiger partial charge in [-0.05, 0) is 31.6 Å². The predicted octanol–water partition coefficient (Wildman–Crippen LogP) is 0.930. The lowest BCUT2D eigenvalue weighted by Crippen LogP contribution is -2.40. The number of piperidine rings is 1. The Morgan fingerprint density at radius 3 is 2.78 bits per heavy atom. The van der Waals surface area contributed by atoms with E-state index in [1.807, 2.05) is 4.90 Å². The van der Waals surface area contributed by atoms with Crippen LogP contribution in [0.3, 0.4) is 0 Å². The van der Waals surface area contributed by atoms with Crippen LogP contribution < -0.4 is 11.1 Å². The van der Waals surface area contributed by atoms with Crippen LogP contribution in [0.15, 0.2) is 4.99 Å². The van der Waals surface area contributed by atoms with Gasteiger partial charge in [-0.3, -0.25) is 9.79 Å². The van der Waals surface area contributed by atoms with Crippen molar-refractivity contribution in [3.05, 3.63) is 0 Å². The molecule has 3 N–H and O–H groups in total. The summed E-state index contributed by atoms with van der Waals surface area (Å²) in [7, 11) is 0. The summed E-state index contributed by atoms with van der Waals surface area (Å²) in [5, 5.41) is 3.17. The zero-order chi connectivity index (χ0) is 12.3. The van der Waals surface area contributed by atoms with Gasteiger partial charge in [0.25, 0.3) is 0 Å². The molecule has 1 aliphatic heterocycles. The Morgan fingerprint density at radius 2 is 2.17 bits per heavy atom. The average molecular weight is 366 g/mol. The normalized spacial score (nSPS) is 24.4. The first-order chi connectivity index (χ1) is 8.15. The average Bonchev–Trinajstić information content (AvgIpc) is 3.11. The lowest BCUT2D eigenvalue weighted by molar-refractivity contribution is -0.130. The van der Waals surface area contributed by atoms with E-state index < -0.39 is 0 Å². The summed E-state index contributed by atoms with van der Waals surface area (Å²) in [6, 6.07) is 0.554. The third kappa shape index (κ3) is 4.99. The molecular formula is C12H23IN4O. The maximum atomic E-state index is 11.3. The van der Waals surface area contributed by atoms with Crippen molar-refractivity contribution in [1.29, 1.82) is 0 Å². The molecule has 0 bridgehead atoms. The van der Waals surface area contributed by atoms with Crippen LogP contribution in [0.5, 0.6) is 0 Å². The summed E-state index contributed by atoms with van der Waals surface area (Å²) in [6.07, 6.45) is 4.63. The van der Waals surface area contributed by atoms with Gasteiger partial charge in [0, 0.05) is 32.6 Å². The standard InChI is InChI=1S/C12H22N4O.HI/c1-9(17)16-6-2-3-10(8-16)7-14-12(13)15-11-4-5-11;/h10-11H,2-8H2,1H3,(H3,13,14,15);1H. The Morgan fingerprint density at radius 1 is 1.44 bits per heavy atom. The van der Waals surface area contributed by atoms with Crippen LogP contribution >= 0.6 is 24.0 Å². The fourth-order valence-corrected chi connectivity index (χ4v) is 2.21. The van der Waals surface area contributed by atoms with Crippen LogP contribution in [0.1, 0.15) is 32.6 Å². The smallest absolute Gasteiger partial charge is 0.219 e. The Kier molecular flexibility index (Phi) is 6.17. The number of nitrogens with two attached hydrogens (primary N) is 1. The minimum absolute atomic E-state index is 0. The molecule has 2 rings (SSSR count).